The van der Waals surface area contributed by atoms with Crippen LogP contribution >= 0.6 is 0 Å². The highest BCUT2D eigenvalue weighted by Crippen LogP contribution is 2.52. The Balaban J connectivity index is 2.06. The van der Waals surface area contributed by atoms with E-state index in [4.69, 9.17) is 4.98 Å². The standard InChI is InChI=1S/C24H25N/c1-16-13-14-21(25-15-16)17-9-8-12-20-22(17)24(4,5)19-11-7-6-10-18(19)23(20,2)3/h6-15H,1-5H3. The molecule has 0 fully saturated rings. The first-order chi connectivity index (χ1) is 11.8. The van der Waals surface area contributed by atoms with Crippen molar-refractivity contribution in [2.75, 3.05) is 0 Å². The van der Waals surface area contributed by atoms with Crippen LogP contribution in [-0.2, 0) is 10.8 Å². The van der Waals surface area contributed by atoms with Crippen molar-refractivity contribution < 1.29 is 0 Å². The average Bonchev–Trinajstić information content (AvgIpc) is 2.61. The normalized spacial score (nSPS) is 16.8. The topological polar surface area (TPSA) is 12.9 Å². The zero-order valence-corrected chi connectivity index (χ0v) is 15.7. The number of pyridine rings is 1. The number of rotatable bonds is 1. The smallest absolute Gasteiger partial charge is 0.0705 e. The van der Waals surface area contributed by atoms with Gasteiger partial charge in [-0.2, -0.15) is 0 Å². The van der Waals surface area contributed by atoms with Gasteiger partial charge >= 0.3 is 0 Å². The minimum atomic E-state index is -0.0510. The SMILES string of the molecule is Cc1ccc(-c2cccc3c2C(C)(C)c2ccccc2C3(C)C)nc1. The molecule has 4 rings (SSSR count). The van der Waals surface area contributed by atoms with E-state index in [2.05, 4.69) is 89.2 Å². The summed E-state index contributed by atoms with van der Waals surface area (Å²) in [6.45, 7) is 11.5. The molecule has 2 aromatic carbocycles. The highest BCUT2D eigenvalue weighted by molar-refractivity contribution is 5.73. The van der Waals surface area contributed by atoms with Crippen LogP contribution in [0, 0.1) is 6.92 Å². The molecule has 0 spiro atoms. The molecule has 0 aliphatic heterocycles. The van der Waals surface area contributed by atoms with E-state index in [-0.39, 0.29) is 10.8 Å². The summed E-state index contributed by atoms with van der Waals surface area (Å²) in [6.07, 6.45) is 1.96. The molecule has 0 N–H and O–H groups in total. The van der Waals surface area contributed by atoms with Gasteiger partial charge in [0.05, 0.1) is 5.69 Å². The van der Waals surface area contributed by atoms with Crippen molar-refractivity contribution >= 4 is 0 Å². The molecule has 0 bridgehead atoms. The molecular formula is C24H25N. The van der Waals surface area contributed by atoms with Gasteiger partial charge in [-0.15, -0.1) is 0 Å². The van der Waals surface area contributed by atoms with Gasteiger partial charge in [-0.1, -0.05) is 76.2 Å². The number of benzene rings is 2. The summed E-state index contributed by atoms with van der Waals surface area (Å²) in [5, 5.41) is 0. The quantitative estimate of drug-likeness (QED) is 0.532. The molecular weight excluding hydrogens is 302 g/mol. The lowest BCUT2D eigenvalue weighted by Crippen LogP contribution is -2.37. The van der Waals surface area contributed by atoms with Crippen molar-refractivity contribution in [3.63, 3.8) is 0 Å². The van der Waals surface area contributed by atoms with Crippen LogP contribution in [0.4, 0.5) is 0 Å². The monoisotopic (exact) mass is 327 g/mol. The third kappa shape index (κ3) is 2.26. The predicted octanol–water partition coefficient (Wildman–Crippen LogP) is 6.02. The largest absolute Gasteiger partial charge is 0.256 e. The van der Waals surface area contributed by atoms with Gasteiger partial charge in [0.1, 0.15) is 0 Å². The Labute approximate surface area is 150 Å². The molecule has 1 heteroatoms. The van der Waals surface area contributed by atoms with Gasteiger partial charge in [-0.05, 0) is 40.8 Å². The summed E-state index contributed by atoms with van der Waals surface area (Å²) in [6, 6.07) is 19.9. The molecule has 0 atom stereocenters. The lowest BCUT2D eigenvalue weighted by atomic mass is 9.59. The molecule has 1 nitrogen and oxygen atoms in total. The minimum Gasteiger partial charge on any atom is -0.256 e. The molecule has 1 heterocycles. The third-order valence-electron chi connectivity index (χ3n) is 5.82. The van der Waals surface area contributed by atoms with Crippen LogP contribution in [-0.4, -0.2) is 4.98 Å². The predicted molar refractivity (Wildman–Crippen MR) is 105 cm³/mol. The van der Waals surface area contributed by atoms with Gasteiger partial charge in [-0.3, -0.25) is 4.98 Å². The molecule has 1 aliphatic rings. The summed E-state index contributed by atoms with van der Waals surface area (Å²) >= 11 is 0. The Kier molecular flexibility index (Phi) is 3.40. The highest BCUT2D eigenvalue weighted by atomic mass is 14.7. The molecule has 126 valence electrons. The zero-order valence-electron chi connectivity index (χ0n) is 15.7. The Hall–Kier alpha value is -2.41. The van der Waals surface area contributed by atoms with Gasteiger partial charge in [-0.25, -0.2) is 0 Å². The van der Waals surface area contributed by atoms with Crippen LogP contribution < -0.4 is 0 Å². The van der Waals surface area contributed by atoms with Crippen LogP contribution in [0.3, 0.4) is 0 Å². The fraction of sp³-hybridized carbons (Fsp3) is 0.292. The summed E-state index contributed by atoms with van der Waals surface area (Å²) in [7, 11) is 0. The average molecular weight is 327 g/mol. The first kappa shape index (κ1) is 16.1. The van der Waals surface area contributed by atoms with E-state index >= 15 is 0 Å². The third-order valence-corrected chi connectivity index (χ3v) is 5.82. The second kappa shape index (κ2) is 5.29. The number of fused-ring (bicyclic) bond motifs is 2. The van der Waals surface area contributed by atoms with Crippen LogP contribution in [0.1, 0.15) is 55.5 Å². The molecule has 0 saturated heterocycles. The minimum absolute atomic E-state index is 0.0118. The van der Waals surface area contributed by atoms with Crippen molar-refractivity contribution in [3.05, 3.63) is 88.6 Å². The number of hydrogen-bond acceptors (Lipinski definition) is 1. The summed E-state index contributed by atoms with van der Waals surface area (Å²) < 4.78 is 0. The maximum absolute atomic E-state index is 4.73. The summed E-state index contributed by atoms with van der Waals surface area (Å²) in [5.41, 5.74) is 9.13. The van der Waals surface area contributed by atoms with Crippen LogP contribution in [0.5, 0.6) is 0 Å². The molecule has 3 aromatic rings. The zero-order chi connectivity index (χ0) is 17.8. The molecule has 0 amide bonds. The first-order valence-corrected chi connectivity index (χ1v) is 9.00. The van der Waals surface area contributed by atoms with Gasteiger partial charge < -0.3 is 0 Å². The Morgan fingerprint density at radius 3 is 1.96 bits per heavy atom. The molecule has 0 saturated carbocycles. The van der Waals surface area contributed by atoms with E-state index < -0.39 is 0 Å². The van der Waals surface area contributed by atoms with Crippen molar-refractivity contribution in [1.29, 1.82) is 0 Å². The van der Waals surface area contributed by atoms with Crippen molar-refractivity contribution in [2.24, 2.45) is 0 Å². The number of aryl methyl sites for hydroxylation is 1. The molecule has 25 heavy (non-hydrogen) atoms. The number of nitrogens with zero attached hydrogens (tertiary/aromatic N) is 1. The Morgan fingerprint density at radius 1 is 0.680 bits per heavy atom. The van der Waals surface area contributed by atoms with E-state index in [1.807, 2.05) is 6.20 Å². The van der Waals surface area contributed by atoms with E-state index in [1.165, 1.54) is 33.4 Å². The summed E-state index contributed by atoms with van der Waals surface area (Å²) in [4.78, 5) is 4.73. The van der Waals surface area contributed by atoms with Gasteiger partial charge in [0.25, 0.3) is 0 Å². The van der Waals surface area contributed by atoms with Crippen molar-refractivity contribution in [2.45, 2.75) is 45.4 Å². The number of aromatic nitrogens is 1. The van der Waals surface area contributed by atoms with Crippen molar-refractivity contribution in [3.8, 4) is 11.3 Å². The van der Waals surface area contributed by atoms with Gasteiger partial charge in [0.2, 0.25) is 0 Å². The molecule has 0 unspecified atom stereocenters. The maximum Gasteiger partial charge on any atom is 0.0705 e. The van der Waals surface area contributed by atoms with Gasteiger partial charge in [0, 0.05) is 22.6 Å². The van der Waals surface area contributed by atoms with Crippen LogP contribution in [0.25, 0.3) is 11.3 Å². The molecule has 1 aliphatic carbocycles. The van der Waals surface area contributed by atoms with Crippen molar-refractivity contribution in [1.82, 2.24) is 4.98 Å². The van der Waals surface area contributed by atoms with E-state index in [9.17, 15) is 0 Å². The lowest BCUT2D eigenvalue weighted by molar-refractivity contribution is 0.522. The van der Waals surface area contributed by atoms with Gasteiger partial charge in [0.15, 0.2) is 0 Å². The maximum atomic E-state index is 4.73. The second-order valence-corrected chi connectivity index (χ2v) is 8.24. The fourth-order valence-electron chi connectivity index (χ4n) is 4.44. The molecule has 0 radical (unpaired) electrons. The molecule has 1 aromatic heterocycles. The van der Waals surface area contributed by atoms with Crippen LogP contribution in [0.15, 0.2) is 60.8 Å². The van der Waals surface area contributed by atoms with E-state index in [0.717, 1.165) is 5.69 Å². The van der Waals surface area contributed by atoms with E-state index in [0.29, 0.717) is 0 Å². The fourth-order valence-corrected chi connectivity index (χ4v) is 4.44. The van der Waals surface area contributed by atoms with Crippen LogP contribution in [0.2, 0.25) is 0 Å². The lowest BCUT2D eigenvalue weighted by Gasteiger charge is -2.44. The first-order valence-electron chi connectivity index (χ1n) is 9.00. The number of hydrogen-bond donors (Lipinski definition) is 0. The highest BCUT2D eigenvalue weighted by Gasteiger charge is 2.42. The second-order valence-electron chi connectivity index (χ2n) is 8.24. The Morgan fingerprint density at radius 2 is 1.32 bits per heavy atom. The van der Waals surface area contributed by atoms with E-state index in [1.54, 1.807) is 0 Å². The Bertz CT molecular complexity index is 946. The summed E-state index contributed by atoms with van der Waals surface area (Å²) in [5.74, 6) is 0.